The van der Waals surface area contributed by atoms with Gasteiger partial charge in [0.15, 0.2) is 5.78 Å². The van der Waals surface area contributed by atoms with Crippen LogP contribution < -0.4 is 15.0 Å². The maximum atomic E-state index is 14.2. The molecule has 6 nitrogen and oxygen atoms in total. The van der Waals surface area contributed by atoms with E-state index < -0.39 is 6.04 Å². The molecule has 0 spiro atoms. The molecule has 1 aromatic heterocycles. The minimum atomic E-state index is -0.552. The molecule has 0 aliphatic carbocycles. The Kier molecular flexibility index (Phi) is 9.41. The molecule has 1 atom stereocenters. The number of nitrogens with one attached hydrogen (secondary N) is 1. The van der Waals surface area contributed by atoms with Crippen molar-refractivity contribution in [2.24, 2.45) is 0 Å². The molecule has 5 aromatic rings. The molecule has 7 heteroatoms. The Hall–Kier alpha value is -4.33. The second-order valence-electron chi connectivity index (χ2n) is 10.0. The van der Waals surface area contributed by atoms with Gasteiger partial charge in [-0.1, -0.05) is 76.6 Å². The number of anilines is 1. The van der Waals surface area contributed by atoms with Crippen LogP contribution in [0.15, 0.2) is 114 Å². The van der Waals surface area contributed by atoms with E-state index in [9.17, 15) is 9.59 Å². The summed E-state index contributed by atoms with van der Waals surface area (Å²) in [6.45, 7) is 2.31. The van der Waals surface area contributed by atoms with Crippen molar-refractivity contribution in [1.29, 1.82) is 0 Å². The number of pyridine rings is 1. The summed E-state index contributed by atoms with van der Waals surface area (Å²) in [6.07, 6.45) is 0.806. The van der Waals surface area contributed by atoms with Crippen LogP contribution in [-0.2, 0) is 11.2 Å². The van der Waals surface area contributed by atoms with Gasteiger partial charge in [-0.3, -0.25) is 14.5 Å². The molecule has 1 heterocycles. The molecule has 0 fully saturated rings. The third kappa shape index (κ3) is 6.75. The Labute approximate surface area is 254 Å². The minimum Gasteiger partial charge on any atom is -0.481 e. The number of carbonyl (C=O) groups is 2. The summed E-state index contributed by atoms with van der Waals surface area (Å²) in [6, 6.07) is 34.6. The molecule has 5 rings (SSSR count). The predicted molar refractivity (Wildman–Crippen MR) is 171 cm³/mol. The standard InChI is InChI=1S/C35H32BrN3O3/c1-24(40)26-13-16-30(17-14-26)39(33(41)23-37-20-19-25-9-5-3-6-10-25)34(27-11-7-4-8-12-27)31-22-28-21-29(36)15-18-32(28)38-35(31)42-2/h3-18,21-22,34,37H,19-20,23H2,1-2H3. The topological polar surface area (TPSA) is 71.5 Å². The SMILES string of the molecule is COc1nc2ccc(Br)cc2cc1C(c1ccccc1)N(C(=O)CNCCc1ccccc1)c1ccc(C(C)=O)cc1. The Morgan fingerprint density at radius 1 is 0.905 bits per heavy atom. The Morgan fingerprint density at radius 2 is 1.60 bits per heavy atom. The number of Topliss-reactive ketones (excluding diaryl/α,β-unsaturated/α-hetero) is 1. The van der Waals surface area contributed by atoms with E-state index in [1.54, 1.807) is 24.1 Å². The Balaban J connectivity index is 1.59. The van der Waals surface area contributed by atoms with Crippen molar-refractivity contribution >= 4 is 44.2 Å². The van der Waals surface area contributed by atoms with Crippen molar-refractivity contribution in [1.82, 2.24) is 10.3 Å². The molecule has 0 bridgehead atoms. The van der Waals surface area contributed by atoms with Gasteiger partial charge in [0.2, 0.25) is 11.8 Å². The second kappa shape index (κ2) is 13.6. The zero-order valence-electron chi connectivity index (χ0n) is 23.6. The second-order valence-corrected chi connectivity index (χ2v) is 10.9. The number of rotatable bonds is 11. The Bertz CT molecular complexity index is 1680. The lowest BCUT2D eigenvalue weighted by molar-refractivity contribution is -0.118. The van der Waals surface area contributed by atoms with Crippen molar-refractivity contribution in [2.45, 2.75) is 19.4 Å². The molecule has 0 aliphatic heterocycles. The molecule has 0 saturated carbocycles. The summed E-state index contributed by atoms with van der Waals surface area (Å²) in [5, 5.41) is 4.26. The molecule has 0 saturated heterocycles. The summed E-state index contributed by atoms with van der Waals surface area (Å²) in [5.41, 5.74) is 4.90. The first kappa shape index (κ1) is 29.2. The van der Waals surface area contributed by atoms with Crippen LogP contribution in [0.25, 0.3) is 10.9 Å². The molecule has 1 unspecified atom stereocenters. The van der Waals surface area contributed by atoms with Gasteiger partial charge in [-0.15, -0.1) is 0 Å². The molecular formula is C35H32BrN3O3. The van der Waals surface area contributed by atoms with E-state index in [1.807, 2.05) is 84.9 Å². The fourth-order valence-electron chi connectivity index (χ4n) is 5.06. The summed E-state index contributed by atoms with van der Waals surface area (Å²) < 4.78 is 6.76. The molecule has 0 radical (unpaired) electrons. The van der Waals surface area contributed by atoms with Crippen LogP contribution in [0.3, 0.4) is 0 Å². The highest BCUT2D eigenvalue weighted by Crippen LogP contribution is 2.39. The number of fused-ring (bicyclic) bond motifs is 1. The first-order chi connectivity index (χ1) is 20.4. The van der Waals surface area contributed by atoms with Crippen LogP contribution in [0.2, 0.25) is 0 Å². The quantitative estimate of drug-likeness (QED) is 0.125. The molecule has 0 aliphatic rings. The van der Waals surface area contributed by atoms with Crippen LogP contribution in [0, 0.1) is 0 Å². The van der Waals surface area contributed by atoms with Crippen molar-refractivity contribution in [3.8, 4) is 5.88 Å². The highest BCUT2D eigenvalue weighted by atomic mass is 79.9. The van der Waals surface area contributed by atoms with E-state index in [0.717, 1.165) is 32.9 Å². The van der Waals surface area contributed by atoms with Gasteiger partial charge in [0.25, 0.3) is 0 Å². The first-order valence-electron chi connectivity index (χ1n) is 13.8. The van der Waals surface area contributed by atoms with Crippen molar-refractivity contribution in [3.63, 3.8) is 0 Å². The predicted octanol–water partition coefficient (Wildman–Crippen LogP) is 7.16. The summed E-state index contributed by atoms with van der Waals surface area (Å²) >= 11 is 3.57. The van der Waals surface area contributed by atoms with Crippen molar-refractivity contribution in [2.75, 3.05) is 25.1 Å². The van der Waals surface area contributed by atoms with Gasteiger partial charge in [-0.2, -0.15) is 0 Å². The van der Waals surface area contributed by atoms with Crippen LogP contribution in [-0.4, -0.2) is 36.9 Å². The highest BCUT2D eigenvalue weighted by Gasteiger charge is 2.31. The van der Waals surface area contributed by atoms with E-state index in [-0.39, 0.29) is 18.2 Å². The lowest BCUT2D eigenvalue weighted by Gasteiger charge is -2.33. The van der Waals surface area contributed by atoms with E-state index >= 15 is 0 Å². The maximum absolute atomic E-state index is 14.2. The van der Waals surface area contributed by atoms with E-state index in [0.29, 0.717) is 23.7 Å². The third-order valence-electron chi connectivity index (χ3n) is 7.16. The van der Waals surface area contributed by atoms with Crippen molar-refractivity contribution < 1.29 is 14.3 Å². The van der Waals surface area contributed by atoms with E-state index in [4.69, 9.17) is 9.72 Å². The number of amides is 1. The minimum absolute atomic E-state index is 0.0346. The van der Waals surface area contributed by atoms with Gasteiger partial charge < -0.3 is 10.1 Å². The van der Waals surface area contributed by atoms with Gasteiger partial charge in [0.05, 0.1) is 25.2 Å². The lowest BCUT2D eigenvalue weighted by atomic mass is 9.95. The van der Waals surface area contributed by atoms with Gasteiger partial charge in [0, 0.05) is 26.7 Å². The lowest BCUT2D eigenvalue weighted by Crippen LogP contribution is -2.42. The molecular weight excluding hydrogens is 590 g/mol. The molecule has 1 N–H and O–H groups in total. The van der Waals surface area contributed by atoms with E-state index in [1.165, 1.54) is 12.5 Å². The van der Waals surface area contributed by atoms with Crippen LogP contribution in [0.4, 0.5) is 5.69 Å². The number of hydrogen-bond acceptors (Lipinski definition) is 5. The first-order valence-corrected chi connectivity index (χ1v) is 14.6. The number of methoxy groups -OCH3 is 1. The fraction of sp³-hybridized carbons (Fsp3) is 0.171. The number of halogens is 1. The molecule has 1 amide bonds. The van der Waals surface area contributed by atoms with Crippen LogP contribution in [0.1, 0.15) is 40.0 Å². The van der Waals surface area contributed by atoms with E-state index in [2.05, 4.69) is 33.4 Å². The fourth-order valence-corrected chi connectivity index (χ4v) is 5.44. The zero-order chi connectivity index (χ0) is 29.5. The summed E-state index contributed by atoms with van der Waals surface area (Å²) in [7, 11) is 1.59. The largest absolute Gasteiger partial charge is 0.481 e. The van der Waals surface area contributed by atoms with Crippen molar-refractivity contribution in [3.05, 3.63) is 136 Å². The normalized spacial score (nSPS) is 11.7. The van der Waals surface area contributed by atoms with Gasteiger partial charge >= 0.3 is 0 Å². The number of nitrogens with zero attached hydrogens (tertiary/aromatic N) is 2. The number of ketones is 1. The summed E-state index contributed by atoms with van der Waals surface area (Å²) in [5.74, 6) is 0.283. The smallest absolute Gasteiger partial charge is 0.241 e. The average molecular weight is 623 g/mol. The number of ether oxygens (including phenoxy) is 1. The molecule has 4 aromatic carbocycles. The maximum Gasteiger partial charge on any atom is 0.241 e. The van der Waals surface area contributed by atoms with Gasteiger partial charge in [-0.25, -0.2) is 4.98 Å². The van der Waals surface area contributed by atoms with Gasteiger partial charge in [-0.05, 0) is 79.5 Å². The number of benzene rings is 4. The number of hydrogen-bond donors (Lipinski definition) is 1. The summed E-state index contributed by atoms with van der Waals surface area (Å²) in [4.78, 5) is 32.8. The highest BCUT2D eigenvalue weighted by molar-refractivity contribution is 9.10. The average Bonchev–Trinajstić information content (AvgIpc) is 3.02. The van der Waals surface area contributed by atoms with Gasteiger partial charge in [0.1, 0.15) is 0 Å². The molecule has 212 valence electrons. The van der Waals surface area contributed by atoms with Crippen LogP contribution in [0.5, 0.6) is 5.88 Å². The Morgan fingerprint density at radius 3 is 2.26 bits per heavy atom. The third-order valence-corrected chi connectivity index (χ3v) is 7.65. The monoisotopic (exact) mass is 621 g/mol. The zero-order valence-corrected chi connectivity index (χ0v) is 25.2. The molecule has 42 heavy (non-hydrogen) atoms. The number of carbonyl (C=O) groups excluding carboxylic acids is 2. The number of aromatic nitrogens is 1. The van der Waals surface area contributed by atoms with Crippen LogP contribution >= 0.6 is 15.9 Å².